The number of hydrogen-bond acceptors (Lipinski definition) is 4. The summed E-state index contributed by atoms with van der Waals surface area (Å²) in [6, 6.07) is 19.6. The molecule has 4 nitrogen and oxygen atoms in total. The average molecular weight is 501 g/mol. The molecule has 2 amide bonds. The summed E-state index contributed by atoms with van der Waals surface area (Å²) in [6.45, 7) is 0.269. The second-order valence-corrected chi connectivity index (χ2v) is 8.54. The monoisotopic (exact) mass is 501 g/mol. The third kappa shape index (κ3) is 3.66. The van der Waals surface area contributed by atoms with Gasteiger partial charge in [-0.25, -0.2) is 0 Å². The Morgan fingerprint density at radius 1 is 1.04 bits per heavy atom. The zero-order valence-electron chi connectivity index (χ0n) is 15.0. The van der Waals surface area contributed by atoms with Crippen molar-refractivity contribution in [1.29, 1.82) is 0 Å². The lowest BCUT2D eigenvalue weighted by Gasteiger charge is -2.12. The molecule has 0 aromatic heterocycles. The summed E-state index contributed by atoms with van der Waals surface area (Å²) in [6.07, 6.45) is 1.76. The molecular formula is C22H16INO3S. The van der Waals surface area contributed by atoms with Gasteiger partial charge >= 0.3 is 0 Å². The van der Waals surface area contributed by atoms with Crippen LogP contribution in [0, 0.1) is 3.57 Å². The molecule has 3 aromatic rings. The second kappa shape index (κ2) is 7.97. The van der Waals surface area contributed by atoms with E-state index in [1.807, 2.05) is 60.7 Å². The predicted molar refractivity (Wildman–Crippen MR) is 121 cm³/mol. The van der Waals surface area contributed by atoms with E-state index in [0.29, 0.717) is 10.7 Å². The normalized spacial score (nSPS) is 15.6. The van der Waals surface area contributed by atoms with Gasteiger partial charge in [0.15, 0.2) is 0 Å². The summed E-state index contributed by atoms with van der Waals surface area (Å²) in [5.41, 5.74) is 1.73. The van der Waals surface area contributed by atoms with E-state index in [0.717, 1.165) is 37.2 Å². The lowest BCUT2D eigenvalue weighted by molar-refractivity contribution is -0.123. The van der Waals surface area contributed by atoms with Gasteiger partial charge in [-0.1, -0.05) is 42.5 Å². The molecule has 0 unspecified atom stereocenters. The number of amides is 2. The van der Waals surface area contributed by atoms with Crippen molar-refractivity contribution in [3.05, 3.63) is 80.3 Å². The molecule has 0 atom stereocenters. The molecule has 3 aromatic carbocycles. The van der Waals surface area contributed by atoms with Crippen molar-refractivity contribution in [3.8, 4) is 5.75 Å². The number of thioether (sulfide) groups is 1. The highest BCUT2D eigenvalue weighted by Gasteiger charge is 2.35. The molecule has 0 aliphatic carbocycles. The van der Waals surface area contributed by atoms with Crippen LogP contribution in [0.2, 0.25) is 0 Å². The Bertz CT molecular complexity index is 1110. The third-order valence-electron chi connectivity index (χ3n) is 4.55. The molecule has 1 aliphatic heterocycles. The maximum atomic E-state index is 12.9. The van der Waals surface area contributed by atoms with Crippen molar-refractivity contribution < 1.29 is 14.3 Å². The molecular weight excluding hydrogens is 485 g/mol. The van der Waals surface area contributed by atoms with Crippen molar-refractivity contribution in [1.82, 2.24) is 4.90 Å². The number of halogens is 1. The van der Waals surface area contributed by atoms with Crippen LogP contribution >= 0.6 is 34.4 Å². The summed E-state index contributed by atoms with van der Waals surface area (Å²) >= 11 is 3.19. The molecule has 0 spiro atoms. The van der Waals surface area contributed by atoms with Gasteiger partial charge in [0.05, 0.1) is 18.6 Å². The van der Waals surface area contributed by atoms with Gasteiger partial charge in [-0.2, -0.15) is 0 Å². The van der Waals surface area contributed by atoms with Crippen molar-refractivity contribution in [2.24, 2.45) is 0 Å². The van der Waals surface area contributed by atoms with Crippen LogP contribution in [0.5, 0.6) is 5.75 Å². The van der Waals surface area contributed by atoms with Crippen molar-refractivity contribution >= 4 is 62.3 Å². The highest BCUT2D eigenvalue weighted by Crippen LogP contribution is 2.37. The minimum absolute atomic E-state index is 0.256. The fraction of sp³-hybridized carbons (Fsp3) is 0.0909. The number of carbonyl (C=O) groups excluding carboxylic acids is 2. The minimum atomic E-state index is -0.275. The highest BCUT2D eigenvalue weighted by molar-refractivity contribution is 14.1. The first kappa shape index (κ1) is 19.0. The number of imide groups is 1. The summed E-state index contributed by atoms with van der Waals surface area (Å²) < 4.78 is 6.60. The van der Waals surface area contributed by atoms with E-state index in [1.165, 1.54) is 4.90 Å². The van der Waals surface area contributed by atoms with E-state index >= 15 is 0 Å². The molecule has 1 heterocycles. The van der Waals surface area contributed by atoms with Crippen molar-refractivity contribution in [2.75, 3.05) is 7.11 Å². The summed E-state index contributed by atoms with van der Waals surface area (Å²) in [7, 11) is 1.60. The van der Waals surface area contributed by atoms with E-state index < -0.39 is 0 Å². The zero-order chi connectivity index (χ0) is 19.7. The summed E-state index contributed by atoms with van der Waals surface area (Å²) in [5.74, 6) is 0.395. The zero-order valence-corrected chi connectivity index (χ0v) is 18.0. The number of carbonyl (C=O) groups is 2. The Hall–Kier alpha value is -2.32. The lowest BCUT2D eigenvalue weighted by Crippen LogP contribution is -2.27. The van der Waals surface area contributed by atoms with Gasteiger partial charge < -0.3 is 4.74 Å². The van der Waals surface area contributed by atoms with E-state index in [2.05, 4.69) is 22.6 Å². The minimum Gasteiger partial charge on any atom is -0.496 e. The van der Waals surface area contributed by atoms with Gasteiger partial charge in [-0.15, -0.1) is 0 Å². The maximum absolute atomic E-state index is 12.9. The molecule has 0 bridgehead atoms. The predicted octanol–water partition coefficient (Wildman–Crippen LogP) is 5.69. The summed E-state index contributed by atoms with van der Waals surface area (Å²) in [5, 5.41) is 1.77. The first-order valence-corrected chi connectivity index (χ1v) is 10.5. The van der Waals surface area contributed by atoms with Crippen molar-refractivity contribution in [3.63, 3.8) is 0 Å². The Morgan fingerprint density at radius 2 is 1.79 bits per heavy atom. The SMILES string of the molecule is COc1ccc2ccccc2c1/C=C1/SC(=O)N(Cc2ccc(I)cc2)C1=O. The average Bonchev–Trinajstić information content (AvgIpc) is 2.97. The Morgan fingerprint density at radius 3 is 2.54 bits per heavy atom. The van der Waals surface area contributed by atoms with Crippen molar-refractivity contribution in [2.45, 2.75) is 6.54 Å². The number of nitrogens with zero attached hydrogens (tertiary/aromatic N) is 1. The third-order valence-corrected chi connectivity index (χ3v) is 6.18. The van der Waals surface area contributed by atoms with Gasteiger partial charge in [-0.3, -0.25) is 14.5 Å². The molecule has 1 aliphatic rings. The number of hydrogen-bond donors (Lipinski definition) is 0. The van der Waals surface area contributed by atoms with Gasteiger partial charge in [-0.05, 0) is 75.0 Å². The standard InChI is InChI=1S/C22H16INO3S/c1-27-19-11-8-15-4-2-3-5-17(15)18(19)12-20-21(25)24(22(26)28-20)13-14-6-9-16(23)10-7-14/h2-12H,13H2,1H3/b20-12+. The molecule has 1 fully saturated rings. The van der Waals surface area contributed by atoms with Crippen LogP contribution < -0.4 is 4.74 Å². The number of rotatable bonds is 4. The molecule has 140 valence electrons. The first-order chi connectivity index (χ1) is 13.6. The number of ether oxygens (including phenoxy) is 1. The van der Waals surface area contributed by atoms with E-state index in [9.17, 15) is 9.59 Å². The van der Waals surface area contributed by atoms with E-state index in [-0.39, 0.29) is 17.7 Å². The largest absolute Gasteiger partial charge is 0.496 e. The number of fused-ring (bicyclic) bond motifs is 1. The van der Waals surface area contributed by atoms with Crippen LogP contribution in [0.25, 0.3) is 16.8 Å². The Balaban J connectivity index is 1.70. The Labute approximate surface area is 180 Å². The molecule has 0 saturated carbocycles. The second-order valence-electron chi connectivity index (χ2n) is 6.30. The molecule has 28 heavy (non-hydrogen) atoms. The van der Waals surface area contributed by atoms with E-state index in [4.69, 9.17) is 4.74 Å². The molecule has 6 heteroatoms. The number of methoxy groups -OCH3 is 1. The van der Waals surface area contributed by atoms with Crippen LogP contribution in [0.4, 0.5) is 4.79 Å². The maximum Gasteiger partial charge on any atom is 0.293 e. The van der Waals surface area contributed by atoms with Crippen LogP contribution in [0.1, 0.15) is 11.1 Å². The van der Waals surface area contributed by atoms with Gasteiger partial charge in [0.25, 0.3) is 11.1 Å². The van der Waals surface area contributed by atoms with Crippen LogP contribution in [-0.4, -0.2) is 23.2 Å². The van der Waals surface area contributed by atoms with Gasteiger partial charge in [0, 0.05) is 9.13 Å². The fourth-order valence-electron chi connectivity index (χ4n) is 3.14. The topological polar surface area (TPSA) is 46.6 Å². The first-order valence-electron chi connectivity index (χ1n) is 8.62. The highest BCUT2D eigenvalue weighted by atomic mass is 127. The lowest BCUT2D eigenvalue weighted by atomic mass is 10.0. The quantitative estimate of drug-likeness (QED) is 0.341. The number of benzene rings is 3. The van der Waals surface area contributed by atoms with Crippen LogP contribution in [0.15, 0.2) is 65.6 Å². The van der Waals surface area contributed by atoms with E-state index in [1.54, 1.807) is 13.2 Å². The molecule has 0 N–H and O–H groups in total. The smallest absolute Gasteiger partial charge is 0.293 e. The molecule has 0 radical (unpaired) electrons. The van der Waals surface area contributed by atoms with Crippen LogP contribution in [-0.2, 0) is 11.3 Å². The van der Waals surface area contributed by atoms with Gasteiger partial charge in [0.2, 0.25) is 0 Å². The molecule has 4 rings (SSSR count). The Kier molecular flexibility index (Phi) is 5.41. The van der Waals surface area contributed by atoms with Crippen LogP contribution in [0.3, 0.4) is 0 Å². The molecule has 1 saturated heterocycles. The fourth-order valence-corrected chi connectivity index (χ4v) is 4.32. The summed E-state index contributed by atoms with van der Waals surface area (Å²) in [4.78, 5) is 27.1. The van der Waals surface area contributed by atoms with Gasteiger partial charge in [0.1, 0.15) is 5.75 Å².